The fourth-order valence-electron chi connectivity index (χ4n) is 3.07. The van der Waals surface area contributed by atoms with E-state index in [0.717, 1.165) is 38.5 Å². The topological polar surface area (TPSA) is 51.2 Å². The average Bonchev–Trinajstić information content (AvgIpc) is 3.10. The lowest BCUT2D eigenvalue weighted by molar-refractivity contribution is -0.121. The first-order valence-corrected chi connectivity index (χ1v) is 10.6. The molecule has 1 aliphatic rings. The van der Waals surface area contributed by atoms with Crippen molar-refractivity contribution in [3.05, 3.63) is 68.6 Å². The van der Waals surface area contributed by atoms with Crippen molar-refractivity contribution in [3.63, 3.8) is 0 Å². The van der Waals surface area contributed by atoms with E-state index in [2.05, 4.69) is 26.2 Å². The van der Waals surface area contributed by atoms with Crippen LogP contribution in [0.4, 0.5) is 0 Å². The quantitative estimate of drug-likeness (QED) is 0.563. The molecule has 1 aromatic heterocycles. The number of halogens is 2. The lowest BCUT2D eigenvalue weighted by Gasteiger charge is -2.26. The van der Waals surface area contributed by atoms with E-state index in [1.165, 1.54) is 11.3 Å². The zero-order valence-electron chi connectivity index (χ0n) is 14.2. The number of hydrogen-bond acceptors (Lipinski definition) is 4. The summed E-state index contributed by atoms with van der Waals surface area (Å²) in [7, 11) is 0. The number of carbonyl (C=O) groups is 1. The maximum atomic E-state index is 12.6. The van der Waals surface area contributed by atoms with Crippen molar-refractivity contribution in [3.8, 4) is 16.3 Å². The van der Waals surface area contributed by atoms with Gasteiger partial charge < -0.3 is 10.1 Å². The van der Waals surface area contributed by atoms with Gasteiger partial charge in [-0.05, 0) is 24.3 Å². The van der Waals surface area contributed by atoms with Crippen LogP contribution in [0.25, 0.3) is 10.6 Å². The second kappa shape index (κ2) is 8.00. The molecule has 0 fully saturated rings. The molecule has 0 saturated heterocycles. The van der Waals surface area contributed by atoms with Gasteiger partial charge in [-0.15, -0.1) is 11.3 Å². The molecule has 1 aliphatic heterocycles. The smallest absolute Gasteiger partial charge is 0.226 e. The van der Waals surface area contributed by atoms with Crippen molar-refractivity contribution in [2.24, 2.45) is 0 Å². The van der Waals surface area contributed by atoms with Gasteiger partial charge >= 0.3 is 0 Å². The highest BCUT2D eigenvalue weighted by Crippen LogP contribution is 2.34. The summed E-state index contributed by atoms with van der Waals surface area (Å²) in [6, 6.07) is 13.4. The van der Waals surface area contributed by atoms with Crippen molar-refractivity contribution in [1.82, 2.24) is 10.3 Å². The largest absolute Gasteiger partial charge is 0.493 e. The van der Waals surface area contributed by atoms with E-state index in [1.54, 1.807) is 0 Å². The third-order valence-electron chi connectivity index (χ3n) is 4.34. The molecule has 4 nitrogen and oxygen atoms in total. The molecule has 138 valence electrons. The Bertz CT molecular complexity index is 992. The molecule has 0 saturated carbocycles. The van der Waals surface area contributed by atoms with Crippen LogP contribution in [0.5, 0.6) is 5.75 Å². The summed E-state index contributed by atoms with van der Waals surface area (Å²) in [4.78, 5) is 17.1. The first kappa shape index (κ1) is 18.5. The third kappa shape index (κ3) is 4.18. The fourth-order valence-corrected chi connectivity index (χ4v) is 4.59. The summed E-state index contributed by atoms with van der Waals surface area (Å²) >= 11 is 11.2. The first-order valence-electron chi connectivity index (χ1n) is 8.51. The van der Waals surface area contributed by atoms with Crippen LogP contribution in [0.1, 0.15) is 23.7 Å². The van der Waals surface area contributed by atoms with E-state index < -0.39 is 0 Å². The monoisotopic (exact) mass is 462 g/mol. The first-order chi connectivity index (χ1) is 13.1. The summed E-state index contributed by atoms with van der Waals surface area (Å²) in [5.74, 6) is 0.772. The van der Waals surface area contributed by atoms with Gasteiger partial charge in [-0.2, -0.15) is 0 Å². The standard InChI is InChI=1S/C20H16BrClN2O2S/c21-12-5-6-18-15(9-12)17(7-8-26-18)24-19(25)10-13-11-27-20(23-13)14-3-1-2-4-16(14)22/h1-6,9,11,17H,7-8,10H2,(H,24,25). The molecule has 1 N–H and O–H groups in total. The summed E-state index contributed by atoms with van der Waals surface area (Å²) in [6.07, 6.45) is 0.985. The minimum atomic E-state index is -0.0552. The van der Waals surface area contributed by atoms with Crippen LogP contribution in [0.2, 0.25) is 5.02 Å². The van der Waals surface area contributed by atoms with Crippen LogP contribution in [0.15, 0.2) is 52.3 Å². The minimum Gasteiger partial charge on any atom is -0.493 e. The number of amides is 1. The normalized spacial score (nSPS) is 15.7. The van der Waals surface area contributed by atoms with E-state index in [1.807, 2.05) is 47.8 Å². The molecule has 1 atom stereocenters. The molecule has 0 aliphatic carbocycles. The number of fused-ring (bicyclic) bond motifs is 1. The van der Waals surface area contributed by atoms with E-state index in [4.69, 9.17) is 16.3 Å². The number of nitrogens with zero attached hydrogens (tertiary/aromatic N) is 1. The molecule has 2 aromatic carbocycles. The van der Waals surface area contributed by atoms with Gasteiger partial charge in [0.25, 0.3) is 0 Å². The number of ether oxygens (including phenoxy) is 1. The van der Waals surface area contributed by atoms with Crippen LogP contribution in [-0.2, 0) is 11.2 Å². The van der Waals surface area contributed by atoms with E-state index in [0.29, 0.717) is 11.6 Å². The van der Waals surface area contributed by atoms with Gasteiger partial charge in [-0.25, -0.2) is 4.98 Å². The average molecular weight is 464 g/mol. The number of benzene rings is 2. The van der Waals surface area contributed by atoms with Gasteiger partial charge in [0.1, 0.15) is 10.8 Å². The molecular weight excluding hydrogens is 448 g/mol. The number of nitrogens with one attached hydrogen (secondary N) is 1. The van der Waals surface area contributed by atoms with Crippen molar-refractivity contribution >= 4 is 44.8 Å². The molecule has 2 heterocycles. The number of carbonyl (C=O) groups excluding carboxylic acids is 1. The lowest BCUT2D eigenvalue weighted by atomic mass is 10.0. The van der Waals surface area contributed by atoms with E-state index in [9.17, 15) is 4.79 Å². The van der Waals surface area contributed by atoms with Gasteiger partial charge in [0.05, 0.1) is 29.8 Å². The summed E-state index contributed by atoms with van der Waals surface area (Å²) < 4.78 is 6.64. The molecule has 3 aromatic rings. The van der Waals surface area contributed by atoms with Crippen LogP contribution < -0.4 is 10.1 Å². The maximum Gasteiger partial charge on any atom is 0.226 e. The van der Waals surface area contributed by atoms with Gasteiger partial charge in [0.2, 0.25) is 5.91 Å². The fraction of sp³-hybridized carbons (Fsp3) is 0.200. The van der Waals surface area contributed by atoms with E-state index in [-0.39, 0.29) is 18.4 Å². The van der Waals surface area contributed by atoms with Crippen molar-refractivity contribution in [2.45, 2.75) is 18.9 Å². The Kier molecular flexibility index (Phi) is 5.48. The second-order valence-electron chi connectivity index (χ2n) is 6.24. The molecule has 0 spiro atoms. The Morgan fingerprint density at radius 1 is 1.33 bits per heavy atom. The summed E-state index contributed by atoms with van der Waals surface area (Å²) in [6.45, 7) is 0.590. The third-order valence-corrected chi connectivity index (χ3v) is 6.09. The molecule has 4 rings (SSSR count). The van der Waals surface area contributed by atoms with Gasteiger partial charge in [0.15, 0.2) is 0 Å². The van der Waals surface area contributed by atoms with Gasteiger partial charge in [0, 0.05) is 27.4 Å². The summed E-state index contributed by atoms with van der Waals surface area (Å²) in [5.41, 5.74) is 2.63. The number of hydrogen-bond donors (Lipinski definition) is 1. The van der Waals surface area contributed by atoms with Crippen LogP contribution in [-0.4, -0.2) is 17.5 Å². The van der Waals surface area contributed by atoms with Crippen LogP contribution in [0.3, 0.4) is 0 Å². The van der Waals surface area contributed by atoms with Crippen molar-refractivity contribution in [2.75, 3.05) is 6.61 Å². The highest BCUT2D eigenvalue weighted by atomic mass is 79.9. The molecular formula is C20H16BrClN2O2S. The molecule has 27 heavy (non-hydrogen) atoms. The maximum absolute atomic E-state index is 12.6. The van der Waals surface area contributed by atoms with E-state index >= 15 is 0 Å². The molecule has 0 radical (unpaired) electrons. The second-order valence-corrected chi connectivity index (χ2v) is 8.42. The van der Waals surface area contributed by atoms with Crippen LogP contribution in [0, 0.1) is 0 Å². The SMILES string of the molecule is O=C(Cc1csc(-c2ccccc2Cl)n1)NC1CCOc2ccc(Br)cc21. The summed E-state index contributed by atoms with van der Waals surface area (Å²) in [5, 5.41) is 6.50. The molecule has 1 unspecified atom stereocenters. The lowest BCUT2D eigenvalue weighted by Crippen LogP contribution is -2.33. The Morgan fingerprint density at radius 3 is 3.04 bits per heavy atom. The Balaban J connectivity index is 1.46. The van der Waals surface area contributed by atoms with Crippen molar-refractivity contribution in [1.29, 1.82) is 0 Å². The van der Waals surface area contributed by atoms with Crippen molar-refractivity contribution < 1.29 is 9.53 Å². The number of thiazole rings is 1. The molecule has 7 heteroatoms. The Labute approximate surface area is 174 Å². The Hall–Kier alpha value is -1.89. The predicted molar refractivity (Wildman–Crippen MR) is 111 cm³/mol. The molecule has 0 bridgehead atoms. The minimum absolute atomic E-state index is 0.0520. The van der Waals surface area contributed by atoms with Crippen LogP contribution >= 0.6 is 38.9 Å². The van der Waals surface area contributed by atoms with Gasteiger partial charge in [-0.3, -0.25) is 4.79 Å². The highest BCUT2D eigenvalue weighted by Gasteiger charge is 2.23. The predicted octanol–water partition coefficient (Wildman–Crippen LogP) is 5.41. The molecule has 1 amide bonds. The number of aromatic nitrogens is 1. The van der Waals surface area contributed by atoms with Gasteiger partial charge in [-0.1, -0.05) is 45.7 Å². The zero-order chi connectivity index (χ0) is 18.8. The number of rotatable bonds is 4. The highest BCUT2D eigenvalue weighted by molar-refractivity contribution is 9.10. The zero-order valence-corrected chi connectivity index (χ0v) is 17.4. The Morgan fingerprint density at radius 2 is 2.19 bits per heavy atom.